The number of aromatic nitrogens is 4. The lowest BCUT2D eigenvalue weighted by Crippen LogP contribution is -2.55. The van der Waals surface area contributed by atoms with Gasteiger partial charge in [-0.25, -0.2) is 22.8 Å². The molecular weight excluding hydrogens is 499 g/mol. The van der Waals surface area contributed by atoms with Gasteiger partial charge in [-0.05, 0) is 18.2 Å². The van der Waals surface area contributed by atoms with Crippen molar-refractivity contribution >= 4 is 23.4 Å². The van der Waals surface area contributed by atoms with Gasteiger partial charge in [-0.15, -0.1) is 5.10 Å². The van der Waals surface area contributed by atoms with Crippen LogP contribution in [-0.2, 0) is 4.74 Å². The number of thioether (sulfide) groups is 1. The lowest BCUT2D eigenvalue weighted by atomic mass is 9.97. The minimum atomic E-state index is -1.63. The molecule has 9 nitrogen and oxygen atoms in total. The van der Waals surface area contributed by atoms with Crippen LogP contribution in [0, 0.1) is 28.8 Å². The highest BCUT2D eigenvalue weighted by Gasteiger charge is 2.46. The first-order chi connectivity index (χ1) is 16.2. The van der Waals surface area contributed by atoms with Crippen LogP contribution in [0.15, 0.2) is 35.5 Å². The lowest BCUT2D eigenvalue weighted by Gasteiger charge is -2.41. The van der Waals surface area contributed by atoms with Crippen molar-refractivity contribution in [1.82, 2.24) is 20.0 Å². The van der Waals surface area contributed by atoms with Crippen LogP contribution in [0.5, 0.6) is 0 Å². The van der Waals surface area contributed by atoms with Crippen molar-refractivity contribution in [2.45, 2.75) is 34.7 Å². The van der Waals surface area contributed by atoms with Crippen LogP contribution >= 0.6 is 23.4 Å². The van der Waals surface area contributed by atoms with E-state index in [1.54, 1.807) is 0 Å². The van der Waals surface area contributed by atoms with Gasteiger partial charge >= 0.3 is 0 Å². The van der Waals surface area contributed by atoms with E-state index in [0.717, 1.165) is 28.6 Å². The molecule has 5 atom stereocenters. The van der Waals surface area contributed by atoms with Crippen molar-refractivity contribution in [3.8, 4) is 17.3 Å². The van der Waals surface area contributed by atoms with Crippen molar-refractivity contribution in [2.75, 3.05) is 6.61 Å². The number of halogens is 4. The molecule has 1 aliphatic heterocycles. The van der Waals surface area contributed by atoms with Gasteiger partial charge in [0.15, 0.2) is 23.1 Å². The van der Waals surface area contributed by atoms with Crippen LogP contribution in [0.3, 0.4) is 0 Å². The van der Waals surface area contributed by atoms with Gasteiger partial charge in [0.05, 0.1) is 17.8 Å². The molecule has 0 spiro atoms. The Balaban J connectivity index is 1.63. The maximum absolute atomic E-state index is 13.6. The second-order valence-corrected chi connectivity index (χ2v) is 8.84. The van der Waals surface area contributed by atoms with Crippen LogP contribution in [0.25, 0.3) is 11.3 Å². The third-order valence-electron chi connectivity index (χ3n) is 5.12. The van der Waals surface area contributed by atoms with Crippen LogP contribution in [0.2, 0.25) is 5.02 Å². The van der Waals surface area contributed by atoms with E-state index in [9.17, 15) is 28.5 Å². The molecule has 3 aromatic rings. The van der Waals surface area contributed by atoms with Crippen molar-refractivity contribution in [1.29, 1.82) is 5.26 Å². The number of nitrogens with zero attached hydrogens (tertiary/aromatic N) is 5. The number of aliphatic hydroxyl groups is 3. The molecule has 0 radical (unpaired) electrons. The first kappa shape index (κ1) is 24.4. The average Bonchev–Trinajstić information content (AvgIpc) is 3.29. The molecule has 178 valence electrons. The number of benzene rings is 1. The Hall–Kier alpha value is -2.73. The van der Waals surface area contributed by atoms with Gasteiger partial charge < -0.3 is 20.1 Å². The number of pyridine rings is 1. The molecule has 0 amide bonds. The molecule has 1 saturated heterocycles. The van der Waals surface area contributed by atoms with Gasteiger partial charge in [-0.2, -0.15) is 5.26 Å². The summed E-state index contributed by atoms with van der Waals surface area (Å²) >= 11 is 6.98. The maximum atomic E-state index is 13.6. The Morgan fingerprint density at radius 1 is 1.18 bits per heavy atom. The molecule has 3 N–H and O–H groups in total. The van der Waals surface area contributed by atoms with Crippen LogP contribution in [-0.4, -0.2) is 65.7 Å². The Bertz CT molecular complexity index is 1240. The highest BCUT2D eigenvalue weighted by molar-refractivity contribution is 7.99. The predicted octanol–water partition coefficient (Wildman–Crippen LogP) is 2.05. The predicted molar refractivity (Wildman–Crippen MR) is 112 cm³/mol. The number of hydrogen-bond donors (Lipinski definition) is 3. The summed E-state index contributed by atoms with van der Waals surface area (Å²) in [6.45, 7) is -0.593. The minimum absolute atomic E-state index is 0.0153. The summed E-state index contributed by atoms with van der Waals surface area (Å²) in [4.78, 5) is 4.35. The zero-order chi connectivity index (χ0) is 24.6. The summed E-state index contributed by atoms with van der Waals surface area (Å²) in [5.74, 6) is -4.46. The second-order valence-electron chi connectivity index (χ2n) is 7.27. The quantitative estimate of drug-likeness (QED) is 0.438. The molecule has 3 heterocycles. The molecule has 2 aromatic heterocycles. The molecule has 14 heteroatoms. The zero-order valence-corrected chi connectivity index (χ0v) is 18.5. The van der Waals surface area contributed by atoms with Crippen molar-refractivity contribution in [3.63, 3.8) is 0 Å². The molecular formula is C20H15ClF3N5O4S. The fraction of sp³-hybridized carbons (Fsp3) is 0.300. The van der Waals surface area contributed by atoms with Gasteiger partial charge in [0.25, 0.3) is 0 Å². The Morgan fingerprint density at radius 2 is 1.88 bits per heavy atom. The van der Waals surface area contributed by atoms with Crippen molar-refractivity contribution in [3.05, 3.63) is 58.8 Å². The summed E-state index contributed by atoms with van der Waals surface area (Å²) in [5, 5.41) is 48.0. The molecule has 0 bridgehead atoms. The fourth-order valence-corrected chi connectivity index (χ4v) is 4.78. The van der Waals surface area contributed by atoms with E-state index >= 15 is 0 Å². The summed E-state index contributed by atoms with van der Waals surface area (Å²) < 4.78 is 47.2. The number of ether oxygens (including phenoxy) is 1. The molecule has 1 aliphatic rings. The van der Waals surface area contributed by atoms with Crippen molar-refractivity contribution < 1.29 is 33.2 Å². The minimum Gasteiger partial charge on any atom is -0.394 e. The first-order valence-corrected chi connectivity index (χ1v) is 10.9. The van der Waals surface area contributed by atoms with E-state index in [0.29, 0.717) is 4.90 Å². The molecule has 4 rings (SSSR count). The lowest BCUT2D eigenvalue weighted by molar-refractivity contribution is -0.178. The number of aliphatic hydroxyl groups excluding tert-OH is 3. The average molecular weight is 514 g/mol. The van der Waals surface area contributed by atoms with Crippen LogP contribution < -0.4 is 0 Å². The van der Waals surface area contributed by atoms with Gasteiger partial charge in [-0.1, -0.05) is 28.6 Å². The second kappa shape index (κ2) is 9.87. The number of hydrogen-bond acceptors (Lipinski definition) is 9. The molecule has 34 heavy (non-hydrogen) atoms. The van der Waals surface area contributed by atoms with E-state index in [4.69, 9.17) is 21.6 Å². The normalized spacial score (nSPS) is 24.7. The summed E-state index contributed by atoms with van der Waals surface area (Å²) in [6.07, 6.45) is -1.40. The monoisotopic (exact) mass is 513 g/mol. The SMILES string of the molecule is N#Cc1ncc(S[C@H]2O[C@H](CO)[C@H](O)[C@H](n3cc(-c4cc(F)c(F)c(F)c4)nn3)[C@H]2O)cc1Cl. The summed E-state index contributed by atoms with van der Waals surface area (Å²) in [7, 11) is 0. The van der Waals surface area contributed by atoms with E-state index in [1.165, 1.54) is 18.5 Å². The molecule has 1 fully saturated rings. The molecule has 0 saturated carbocycles. The third-order valence-corrected chi connectivity index (χ3v) is 6.52. The third kappa shape index (κ3) is 4.61. The highest BCUT2D eigenvalue weighted by atomic mass is 35.5. The van der Waals surface area contributed by atoms with E-state index in [-0.39, 0.29) is 22.0 Å². The fourth-order valence-electron chi connectivity index (χ4n) is 3.44. The Morgan fingerprint density at radius 3 is 2.50 bits per heavy atom. The van der Waals surface area contributed by atoms with Gasteiger partial charge in [0, 0.05) is 16.7 Å². The van der Waals surface area contributed by atoms with Crippen molar-refractivity contribution in [2.24, 2.45) is 0 Å². The molecule has 1 aromatic carbocycles. The largest absolute Gasteiger partial charge is 0.394 e. The zero-order valence-electron chi connectivity index (χ0n) is 16.9. The smallest absolute Gasteiger partial charge is 0.194 e. The first-order valence-electron chi connectivity index (χ1n) is 9.65. The topological polar surface area (TPSA) is 137 Å². The molecule has 0 unspecified atom stereocenters. The Kier molecular flexibility index (Phi) is 7.08. The van der Waals surface area contributed by atoms with Crippen LogP contribution in [0.4, 0.5) is 13.2 Å². The number of nitriles is 1. The number of rotatable bonds is 5. The standard InChI is InChI=1S/C20H15ClF3N5O4S/c21-10-3-9(5-26-13(10)4-25)34-20-19(32)17(18(31)15(7-30)33-20)29-6-14(27-28-29)8-1-11(22)16(24)12(23)2-8/h1-3,5-6,15,17-20,30-32H,7H2/t15-,17+,18+,19-,20-/m1/s1. The van der Waals surface area contributed by atoms with Gasteiger partial charge in [-0.3, -0.25) is 0 Å². The van der Waals surface area contributed by atoms with E-state index in [1.807, 2.05) is 6.07 Å². The molecule has 0 aliphatic carbocycles. The van der Waals surface area contributed by atoms with E-state index in [2.05, 4.69) is 15.3 Å². The summed E-state index contributed by atoms with van der Waals surface area (Å²) in [6, 6.07) is 3.57. The maximum Gasteiger partial charge on any atom is 0.194 e. The van der Waals surface area contributed by atoms with Gasteiger partial charge in [0.2, 0.25) is 0 Å². The Labute approximate surface area is 199 Å². The van der Waals surface area contributed by atoms with Gasteiger partial charge in [0.1, 0.15) is 41.6 Å². The van der Waals surface area contributed by atoms with Crippen LogP contribution in [0.1, 0.15) is 11.7 Å². The highest BCUT2D eigenvalue weighted by Crippen LogP contribution is 2.38. The van der Waals surface area contributed by atoms with E-state index < -0.39 is 53.8 Å². The summed E-state index contributed by atoms with van der Waals surface area (Å²) in [5.41, 5.74) is -1.18.